The van der Waals surface area contributed by atoms with E-state index in [9.17, 15) is 17.6 Å². The molecule has 0 amide bonds. The monoisotopic (exact) mass is 520 g/mol. The van der Waals surface area contributed by atoms with Crippen LogP contribution in [0.25, 0.3) is 10.8 Å². The zero-order chi connectivity index (χ0) is 26.4. The molecule has 0 aromatic heterocycles. The molecule has 0 atom stereocenters. The normalized spacial score (nSPS) is 18.5. The third kappa shape index (κ3) is 7.29. The first kappa shape index (κ1) is 27.1. The van der Waals surface area contributed by atoms with Crippen LogP contribution in [0.2, 0.25) is 0 Å². The van der Waals surface area contributed by atoms with Gasteiger partial charge in [-0.2, -0.15) is 13.2 Å². The Kier molecular flexibility index (Phi) is 8.82. The third-order valence-corrected chi connectivity index (χ3v) is 6.34. The van der Waals surface area contributed by atoms with Gasteiger partial charge in [0.25, 0.3) is 0 Å². The molecule has 1 saturated heterocycles. The van der Waals surface area contributed by atoms with E-state index in [2.05, 4.69) is 10.8 Å². The first-order valence-corrected chi connectivity index (χ1v) is 12.3. The van der Waals surface area contributed by atoms with Crippen molar-refractivity contribution in [2.75, 3.05) is 19.8 Å². The van der Waals surface area contributed by atoms with E-state index >= 15 is 4.39 Å². The number of rotatable bonds is 9. The smallest absolute Gasteiger partial charge is 0.422 e. The number of fused-ring (bicyclic) bond motifs is 1. The minimum Gasteiger partial charge on any atom is -0.481 e. The van der Waals surface area contributed by atoms with Gasteiger partial charge in [-0.1, -0.05) is 42.5 Å². The molecule has 0 unspecified atom stereocenters. The van der Waals surface area contributed by atoms with Gasteiger partial charge in [0.1, 0.15) is 5.82 Å². The molecule has 1 aliphatic rings. The summed E-state index contributed by atoms with van der Waals surface area (Å²) < 4.78 is 82.5. The van der Waals surface area contributed by atoms with Crippen LogP contribution in [0.4, 0.5) is 22.0 Å². The minimum atomic E-state index is -4.55. The number of hydrogen-bond donors (Lipinski definition) is 0. The van der Waals surface area contributed by atoms with E-state index in [4.69, 9.17) is 9.47 Å². The molecule has 0 N–H and O–H groups in total. The number of ether oxygens (including phenoxy) is 3. The molecule has 3 aromatic carbocycles. The second kappa shape index (κ2) is 12.0. The molecule has 0 spiro atoms. The van der Waals surface area contributed by atoms with Crippen LogP contribution in [0.3, 0.4) is 0 Å². The van der Waals surface area contributed by atoms with E-state index in [-0.39, 0.29) is 5.82 Å². The van der Waals surface area contributed by atoms with Gasteiger partial charge < -0.3 is 14.2 Å². The summed E-state index contributed by atoms with van der Waals surface area (Å²) in [4.78, 5) is 0. The van der Waals surface area contributed by atoms with E-state index in [1.807, 2.05) is 25.1 Å². The van der Waals surface area contributed by atoms with Crippen LogP contribution in [0.1, 0.15) is 42.7 Å². The SMILES string of the molecule is C/C=C/CCC1COC(c2ccc3c(F)c(CCc4ccc(OCC(F)(F)F)c(F)c4)ccc3c2)OC1. The number of alkyl halides is 3. The van der Waals surface area contributed by atoms with Crippen molar-refractivity contribution in [3.05, 3.63) is 89.0 Å². The zero-order valence-corrected chi connectivity index (χ0v) is 20.5. The molecule has 198 valence electrons. The van der Waals surface area contributed by atoms with Crippen LogP contribution in [-0.2, 0) is 22.3 Å². The summed E-state index contributed by atoms with van der Waals surface area (Å²) in [6.07, 6.45) is 1.74. The molecule has 1 fully saturated rings. The molecule has 8 heteroatoms. The summed E-state index contributed by atoms with van der Waals surface area (Å²) in [5, 5.41) is 1.18. The second-order valence-electron chi connectivity index (χ2n) is 9.20. The molecule has 0 radical (unpaired) electrons. The molecular formula is C29H29F5O3. The molecule has 3 aromatic rings. The Morgan fingerprint density at radius 3 is 2.46 bits per heavy atom. The van der Waals surface area contributed by atoms with Crippen LogP contribution in [0.15, 0.2) is 60.7 Å². The van der Waals surface area contributed by atoms with Crippen molar-refractivity contribution < 1.29 is 36.2 Å². The molecule has 1 aliphatic heterocycles. The Morgan fingerprint density at radius 1 is 0.973 bits per heavy atom. The predicted molar refractivity (Wildman–Crippen MR) is 131 cm³/mol. The van der Waals surface area contributed by atoms with Gasteiger partial charge in [0.05, 0.1) is 13.2 Å². The highest BCUT2D eigenvalue weighted by atomic mass is 19.4. The van der Waals surface area contributed by atoms with Crippen LogP contribution in [-0.4, -0.2) is 26.0 Å². The summed E-state index contributed by atoms with van der Waals surface area (Å²) in [6.45, 7) is 1.66. The quantitative estimate of drug-likeness (QED) is 0.212. The van der Waals surface area contributed by atoms with Crippen molar-refractivity contribution >= 4 is 10.8 Å². The van der Waals surface area contributed by atoms with Crippen molar-refractivity contribution in [1.29, 1.82) is 0 Å². The maximum absolute atomic E-state index is 15.2. The van der Waals surface area contributed by atoms with Crippen molar-refractivity contribution in [2.24, 2.45) is 5.92 Å². The maximum atomic E-state index is 15.2. The summed E-state index contributed by atoms with van der Waals surface area (Å²) in [7, 11) is 0. The lowest BCUT2D eigenvalue weighted by Crippen LogP contribution is -2.27. The lowest BCUT2D eigenvalue weighted by atomic mass is 9.98. The van der Waals surface area contributed by atoms with Crippen LogP contribution < -0.4 is 4.74 Å². The summed E-state index contributed by atoms with van der Waals surface area (Å²) in [5.41, 5.74) is 1.82. The second-order valence-corrected chi connectivity index (χ2v) is 9.20. The Balaban J connectivity index is 1.38. The van der Waals surface area contributed by atoms with Gasteiger partial charge in [-0.15, -0.1) is 0 Å². The summed E-state index contributed by atoms with van der Waals surface area (Å²) >= 11 is 0. The van der Waals surface area contributed by atoms with Crippen LogP contribution >= 0.6 is 0 Å². The highest BCUT2D eigenvalue weighted by Gasteiger charge is 2.29. The summed E-state index contributed by atoms with van der Waals surface area (Å²) in [5.74, 6) is -1.36. The fraction of sp³-hybridized carbons (Fsp3) is 0.379. The number of hydrogen-bond acceptors (Lipinski definition) is 3. The van der Waals surface area contributed by atoms with E-state index in [0.717, 1.165) is 35.9 Å². The fourth-order valence-electron chi connectivity index (χ4n) is 4.35. The topological polar surface area (TPSA) is 27.7 Å². The molecule has 4 rings (SSSR count). The Hall–Kier alpha value is -2.97. The highest BCUT2D eigenvalue weighted by Crippen LogP contribution is 2.31. The first-order chi connectivity index (χ1) is 17.7. The third-order valence-electron chi connectivity index (χ3n) is 6.34. The molecule has 0 aliphatic carbocycles. The van der Waals surface area contributed by atoms with E-state index in [0.29, 0.717) is 48.5 Å². The molecule has 3 nitrogen and oxygen atoms in total. The van der Waals surface area contributed by atoms with Gasteiger partial charge in [0, 0.05) is 16.9 Å². The number of benzene rings is 3. The zero-order valence-electron chi connectivity index (χ0n) is 20.5. The van der Waals surface area contributed by atoms with Gasteiger partial charge >= 0.3 is 6.18 Å². The van der Waals surface area contributed by atoms with Gasteiger partial charge in [-0.25, -0.2) is 8.78 Å². The van der Waals surface area contributed by atoms with Crippen molar-refractivity contribution in [3.8, 4) is 5.75 Å². The largest absolute Gasteiger partial charge is 0.481 e. The van der Waals surface area contributed by atoms with Crippen LogP contribution in [0.5, 0.6) is 5.75 Å². The molecular weight excluding hydrogens is 491 g/mol. The lowest BCUT2D eigenvalue weighted by Gasteiger charge is -2.29. The van der Waals surface area contributed by atoms with Gasteiger partial charge in [-0.05, 0) is 67.3 Å². The fourth-order valence-corrected chi connectivity index (χ4v) is 4.35. The van der Waals surface area contributed by atoms with Gasteiger partial charge in [0.2, 0.25) is 0 Å². The molecule has 0 bridgehead atoms. The number of halogens is 5. The Bertz CT molecular complexity index is 1230. The summed E-state index contributed by atoms with van der Waals surface area (Å²) in [6, 6.07) is 12.7. The Morgan fingerprint density at radius 2 is 1.76 bits per heavy atom. The number of aryl methyl sites for hydroxylation is 2. The average molecular weight is 521 g/mol. The Labute approximate surface area is 212 Å². The van der Waals surface area contributed by atoms with Crippen molar-refractivity contribution in [2.45, 2.75) is 45.1 Å². The molecule has 1 heterocycles. The van der Waals surface area contributed by atoms with Gasteiger partial charge in [0.15, 0.2) is 24.5 Å². The maximum Gasteiger partial charge on any atom is 0.422 e. The highest BCUT2D eigenvalue weighted by molar-refractivity contribution is 5.84. The van der Waals surface area contributed by atoms with E-state index in [1.54, 1.807) is 18.2 Å². The molecule has 37 heavy (non-hydrogen) atoms. The van der Waals surface area contributed by atoms with Gasteiger partial charge in [-0.3, -0.25) is 0 Å². The molecule has 0 saturated carbocycles. The van der Waals surface area contributed by atoms with E-state index in [1.165, 1.54) is 6.07 Å². The first-order valence-electron chi connectivity index (χ1n) is 12.3. The number of allylic oxidation sites excluding steroid dienone is 2. The van der Waals surface area contributed by atoms with Crippen LogP contribution in [0, 0.1) is 17.6 Å². The average Bonchev–Trinajstić information content (AvgIpc) is 2.87. The van der Waals surface area contributed by atoms with Crippen molar-refractivity contribution in [1.82, 2.24) is 0 Å². The lowest BCUT2D eigenvalue weighted by molar-refractivity contribution is -0.205. The predicted octanol–water partition coefficient (Wildman–Crippen LogP) is 7.86. The van der Waals surface area contributed by atoms with E-state index < -0.39 is 30.6 Å². The standard InChI is InChI=1S/C29H29F5O3/c1-2-3-4-5-20-16-35-28(36-17-20)23-11-12-24-22(15-23)10-9-21(27(24)31)8-6-19-7-13-26(25(30)14-19)37-18-29(32,33)34/h2-3,7,9-15,20,28H,4-6,8,16-18H2,1H3/b3-2+. The minimum absolute atomic E-state index is 0.301. The van der Waals surface area contributed by atoms with Crippen molar-refractivity contribution in [3.63, 3.8) is 0 Å².